The van der Waals surface area contributed by atoms with Crippen molar-refractivity contribution in [3.63, 3.8) is 0 Å². The Hall–Kier alpha value is -2.15. The number of likely N-dealkylation sites (N-methyl/N-ethyl adjacent to an activating group) is 1. The molecule has 19 heteroatoms. The molecule has 1 atom stereocenters. The summed E-state index contributed by atoms with van der Waals surface area (Å²) in [6.07, 6.45) is -15.6. The summed E-state index contributed by atoms with van der Waals surface area (Å²) in [4.78, 5) is 23.4. The standard InChI is InChI=1S/C14H15F10NO7S/c1-3-25-9(27)11(13(20,21)22,32-8(26)7(2)12(17,18)19)31-6-4-5-10(15,16)14(23,24)33(28,29)30/h2-6H2,1H3,(H,25,27)(H,28,29,30). The van der Waals surface area contributed by atoms with Crippen LogP contribution >= 0.6 is 0 Å². The third kappa shape index (κ3) is 6.92. The van der Waals surface area contributed by atoms with E-state index < -0.39 is 82.9 Å². The lowest BCUT2D eigenvalue weighted by Crippen LogP contribution is -2.62. The zero-order chi connectivity index (χ0) is 26.7. The number of ether oxygens (including phenoxy) is 2. The fourth-order valence-corrected chi connectivity index (χ4v) is 2.32. The van der Waals surface area contributed by atoms with E-state index >= 15 is 0 Å². The average Bonchev–Trinajstić information content (AvgIpc) is 2.60. The molecule has 33 heavy (non-hydrogen) atoms. The number of amides is 1. The van der Waals surface area contributed by atoms with E-state index in [2.05, 4.69) is 16.1 Å². The van der Waals surface area contributed by atoms with Crippen molar-refractivity contribution in [1.29, 1.82) is 0 Å². The van der Waals surface area contributed by atoms with Crippen LogP contribution in [0.2, 0.25) is 0 Å². The monoisotopic (exact) mass is 531 g/mol. The van der Waals surface area contributed by atoms with Crippen LogP contribution in [0.1, 0.15) is 19.8 Å². The van der Waals surface area contributed by atoms with Crippen LogP contribution in [-0.4, -0.2) is 67.3 Å². The summed E-state index contributed by atoms with van der Waals surface area (Å²) in [7, 11) is -6.66. The van der Waals surface area contributed by atoms with Crippen LogP contribution in [0.25, 0.3) is 0 Å². The summed E-state index contributed by atoms with van der Waals surface area (Å²) in [6, 6.07) is 0. The molecule has 0 rings (SSSR count). The highest BCUT2D eigenvalue weighted by Gasteiger charge is 2.67. The van der Waals surface area contributed by atoms with Crippen molar-refractivity contribution in [2.45, 2.75) is 49.1 Å². The molecule has 0 aromatic rings. The Morgan fingerprint density at radius 3 is 1.85 bits per heavy atom. The Bertz CT molecular complexity index is 853. The molecule has 0 saturated carbocycles. The Labute approximate surface area is 178 Å². The summed E-state index contributed by atoms with van der Waals surface area (Å²) in [5.41, 5.74) is -2.51. The van der Waals surface area contributed by atoms with Gasteiger partial charge in [0.05, 0.1) is 6.61 Å². The van der Waals surface area contributed by atoms with Gasteiger partial charge in [-0.2, -0.15) is 52.3 Å². The van der Waals surface area contributed by atoms with Gasteiger partial charge in [-0.1, -0.05) is 6.58 Å². The van der Waals surface area contributed by atoms with Gasteiger partial charge >= 0.3 is 51.3 Å². The third-order valence-corrected chi connectivity index (χ3v) is 4.47. The molecule has 0 aliphatic heterocycles. The molecule has 0 aliphatic rings. The Balaban J connectivity index is 5.89. The summed E-state index contributed by atoms with van der Waals surface area (Å²) >= 11 is 0. The van der Waals surface area contributed by atoms with Gasteiger partial charge in [-0.15, -0.1) is 0 Å². The smallest absolute Gasteiger partial charge is 0.412 e. The van der Waals surface area contributed by atoms with Crippen LogP contribution in [0.3, 0.4) is 0 Å². The van der Waals surface area contributed by atoms with Gasteiger partial charge in [0.2, 0.25) is 0 Å². The summed E-state index contributed by atoms with van der Waals surface area (Å²) in [5.74, 6) is -15.7. The first-order valence-electron chi connectivity index (χ1n) is 8.19. The van der Waals surface area contributed by atoms with Crippen LogP contribution in [0.15, 0.2) is 12.2 Å². The van der Waals surface area contributed by atoms with E-state index in [0.717, 1.165) is 6.92 Å². The van der Waals surface area contributed by atoms with Crippen molar-refractivity contribution in [2.75, 3.05) is 13.2 Å². The van der Waals surface area contributed by atoms with Gasteiger partial charge in [-0.3, -0.25) is 9.35 Å². The highest BCUT2D eigenvalue weighted by atomic mass is 32.2. The number of hydrogen-bond acceptors (Lipinski definition) is 6. The molecule has 8 nitrogen and oxygen atoms in total. The van der Waals surface area contributed by atoms with Gasteiger partial charge in [0, 0.05) is 13.0 Å². The lowest BCUT2D eigenvalue weighted by atomic mass is 10.2. The molecule has 0 heterocycles. The highest BCUT2D eigenvalue weighted by Crippen LogP contribution is 2.42. The molecule has 1 unspecified atom stereocenters. The van der Waals surface area contributed by atoms with Crippen LogP contribution in [0.5, 0.6) is 0 Å². The zero-order valence-electron chi connectivity index (χ0n) is 16.1. The maximum atomic E-state index is 13.5. The number of rotatable bonds is 11. The second kappa shape index (κ2) is 10.00. The number of alkyl halides is 10. The lowest BCUT2D eigenvalue weighted by molar-refractivity contribution is -0.348. The van der Waals surface area contributed by atoms with Crippen molar-refractivity contribution in [3.8, 4) is 0 Å². The molecule has 0 fully saturated rings. The van der Waals surface area contributed by atoms with E-state index in [0.29, 0.717) is 0 Å². The summed E-state index contributed by atoms with van der Waals surface area (Å²) in [5, 5.41) is -4.65. The molecule has 0 spiro atoms. The minimum Gasteiger partial charge on any atom is -0.412 e. The second-order valence-corrected chi connectivity index (χ2v) is 7.45. The molecule has 0 bridgehead atoms. The first-order valence-corrected chi connectivity index (χ1v) is 9.63. The maximum Gasteiger partial charge on any atom is 0.466 e. The van der Waals surface area contributed by atoms with E-state index in [1.807, 2.05) is 0 Å². The SMILES string of the molecule is C=C(C(=O)OC(OCCCC(F)(F)C(F)(F)S(=O)(=O)O)(C(=O)NCC)C(F)(F)F)C(F)(F)F. The molecular weight excluding hydrogens is 516 g/mol. The Kier molecular flexibility index (Phi) is 9.35. The maximum absolute atomic E-state index is 13.5. The van der Waals surface area contributed by atoms with E-state index in [1.165, 1.54) is 5.32 Å². The minimum absolute atomic E-state index is 0.629. The Morgan fingerprint density at radius 1 is 1.00 bits per heavy atom. The van der Waals surface area contributed by atoms with Gasteiger partial charge in [0.25, 0.3) is 0 Å². The fraction of sp³-hybridized carbons (Fsp3) is 0.714. The molecular formula is C14H15F10NO7S. The quantitative estimate of drug-likeness (QED) is 0.105. The predicted molar refractivity (Wildman–Crippen MR) is 85.4 cm³/mol. The Morgan fingerprint density at radius 2 is 1.48 bits per heavy atom. The van der Waals surface area contributed by atoms with E-state index in [-0.39, 0.29) is 0 Å². The molecule has 2 N–H and O–H groups in total. The average molecular weight is 531 g/mol. The second-order valence-electron chi connectivity index (χ2n) is 5.99. The molecule has 0 aliphatic carbocycles. The van der Waals surface area contributed by atoms with Crippen LogP contribution in [-0.2, 0) is 29.2 Å². The van der Waals surface area contributed by atoms with Crippen molar-refractivity contribution >= 4 is 22.0 Å². The number of carbonyl (C=O) groups excluding carboxylic acids is 2. The topological polar surface area (TPSA) is 119 Å². The molecule has 194 valence electrons. The van der Waals surface area contributed by atoms with Crippen LogP contribution in [0.4, 0.5) is 43.9 Å². The molecule has 1 amide bonds. The van der Waals surface area contributed by atoms with E-state index in [1.54, 1.807) is 0 Å². The molecule has 0 aromatic carbocycles. The largest absolute Gasteiger partial charge is 0.466 e. The number of carbonyl (C=O) groups is 2. The van der Waals surface area contributed by atoms with Crippen molar-refractivity contribution in [1.82, 2.24) is 5.32 Å². The normalized spacial score (nSPS) is 15.5. The molecule has 0 radical (unpaired) electrons. The molecule has 0 aromatic heterocycles. The third-order valence-electron chi connectivity index (χ3n) is 3.52. The van der Waals surface area contributed by atoms with Gasteiger partial charge in [-0.25, -0.2) is 4.79 Å². The first kappa shape index (κ1) is 30.9. The summed E-state index contributed by atoms with van der Waals surface area (Å²) < 4.78 is 168. The number of hydrogen-bond donors (Lipinski definition) is 2. The van der Waals surface area contributed by atoms with Crippen LogP contribution in [0, 0.1) is 0 Å². The number of halogens is 10. The minimum atomic E-state index is -6.66. The zero-order valence-corrected chi connectivity index (χ0v) is 16.9. The van der Waals surface area contributed by atoms with Gasteiger partial charge in [0.15, 0.2) is 0 Å². The predicted octanol–water partition coefficient (Wildman–Crippen LogP) is 2.96. The fourth-order valence-electron chi connectivity index (χ4n) is 1.84. The molecule has 0 saturated heterocycles. The van der Waals surface area contributed by atoms with Crippen molar-refractivity contribution < 1.29 is 75.9 Å². The van der Waals surface area contributed by atoms with E-state index in [9.17, 15) is 61.9 Å². The van der Waals surface area contributed by atoms with Crippen molar-refractivity contribution in [3.05, 3.63) is 12.2 Å². The van der Waals surface area contributed by atoms with E-state index in [4.69, 9.17) is 4.55 Å². The van der Waals surface area contributed by atoms with Crippen LogP contribution < -0.4 is 5.32 Å². The highest BCUT2D eigenvalue weighted by molar-refractivity contribution is 7.87. The van der Waals surface area contributed by atoms with Gasteiger partial charge < -0.3 is 14.8 Å². The number of nitrogens with one attached hydrogen (secondary N) is 1. The van der Waals surface area contributed by atoms with Gasteiger partial charge in [0.1, 0.15) is 5.57 Å². The summed E-state index contributed by atoms with van der Waals surface area (Å²) in [6.45, 7) is 0.760. The lowest BCUT2D eigenvalue weighted by Gasteiger charge is -2.33. The van der Waals surface area contributed by atoms with Crippen molar-refractivity contribution in [2.24, 2.45) is 0 Å². The first-order chi connectivity index (χ1) is 14.5. The van der Waals surface area contributed by atoms with Gasteiger partial charge in [-0.05, 0) is 13.3 Å². The number of esters is 1.